The van der Waals surface area contributed by atoms with Gasteiger partial charge in [0.1, 0.15) is 23.0 Å². The number of halogens is 3. The molecule has 4 aromatic carbocycles. The summed E-state index contributed by atoms with van der Waals surface area (Å²) in [6, 6.07) is 32.8. The van der Waals surface area contributed by atoms with Crippen LogP contribution in [0.15, 0.2) is 132 Å². The van der Waals surface area contributed by atoms with E-state index in [4.69, 9.17) is 41.9 Å². The number of unbranched alkanes of at least 4 members (excludes halogenated alkanes) is 4. The summed E-state index contributed by atoms with van der Waals surface area (Å²) in [5, 5.41) is 6.50. The molecule has 4 aromatic rings. The zero-order valence-corrected chi connectivity index (χ0v) is 40.9. The molecule has 0 spiro atoms. The minimum atomic E-state index is 0. The standard InChI is InChI=1S/C27H38N2O2.C23H34N6O2.3ClH/c1-22(2)28-18-16-24-8-12-26(13-9-24)30-20-6-5-7-21-31-27-14-10-25(11-15-27)17-19-29-23(3)4;24-22(25)28-14-12-18-4-8-20(9-5-18)30-16-2-1-3-17-31-21-10-6-19(7-11-21)13-15-29-23(26)27;;;/h8-15,28-29H,1,3,5-7,16-21H2,2,4H3;4-11H,1-3,12-17H2,(H4,24,25,28)(H4,26,27,29);3*1H. The van der Waals surface area contributed by atoms with E-state index in [9.17, 15) is 0 Å². The van der Waals surface area contributed by atoms with Crippen molar-refractivity contribution in [1.29, 1.82) is 0 Å². The number of ether oxygens (including phenoxy) is 4. The third kappa shape index (κ3) is 30.4. The lowest BCUT2D eigenvalue weighted by molar-refractivity contribution is 0.279. The zero-order chi connectivity index (χ0) is 44.6. The normalized spacial score (nSPS) is 9.88. The number of nitrogens with one attached hydrogen (secondary N) is 2. The summed E-state index contributed by atoms with van der Waals surface area (Å²) in [6.07, 6.45) is 9.76. The molecule has 360 valence electrons. The third-order valence-electron chi connectivity index (χ3n) is 9.42. The summed E-state index contributed by atoms with van der Waals surface area (Å²) in [5.74, 6) is 3.87. The fraction of sp³-hybridized carbons (Fsp3) is 0.400. The Morgan fingerprint density at radius 3 is 0.892 bits per heavy atom. The third-order valence-corrected chi connectivity index (χ3v) is 9.42. The Morgan fingerprint density at radius 2 is 0.662 bits per heavy atom. The molecular formula is C50H75Cl3N8O4. The molecule has 0 aromatic heterocycles. The maximum atomic E-state index is 5.85. The van der Waals surface area contributed by atoms with Gasteiger partial charge >= 0.3 is 0 Å². The molecule has 0 aliphatic rings. The zero-order valence-electron chi connectivity index (χ0n) is 38.4. The first kappa shape index (κ1) is 59.6. The van der Waals surface area contributed by atoms with Crippen LogP contribution in [0.4, 0.5) is 0 Å². The van der Waals surface area contributed by atoms with Crippen LogP contribution in [0.3, 0.4) is 0 Å². The first-order valence-corrected chi connectivity index (χ1v) is 21.8. The second-order valence-electron chi connectivity index (χ2n) is 15.1. The molecular weight excluding hydrogens is 883 g/mol. The van der Waals surface area contributed by atoms with Crippen molar-refractivity contribution in [3.05, 3.63) is 144 Å². The van der Waals surface area contributed by atoms with Crippen molar-refractivity contribution in [3.8, 4) is 23.0 Å². The molecule has 0 saturated carbocycles. The maximum Gasteiger partial charge on any atom is 0.185 e. The second-order valence-corrected chi connectivity index (χ2v) is 15.1. The van der Waals surface area contributed by atoms with Crippen molar-refractivity contribution in [2.75, 3.05) is 52.6 Å². The second kappa shape index (κ2) is 36.9. The molecule has 0 unspecified atom stereocenters. The number of allylic oxidation sites excluding steroid dienone is 2. The number of hydrogen-bond donors (Lipinski definition) is 6. The highest BCUT2D eigenvalue weighted by Gasteiger charge is 2.01. The van der Waals surface area contributed by atoms with Crippen LogP contribution in [0, 0.1) is 0 Å². The highest BCUT2D eigenvalue weighted by atomic mass is 35.5. The van der Waals surface area contributed by atoms with Crippen molar-refractivity contribution in [2.24, 2.45) is 32.9 Å². The van der Waals surface area contributed by atoms with Gasteiger partial charge in [-0.3, -0.25) is 9.98 Å². The molecule has 0 saturated heterocycles. The summed E-state index contributed by atoms with van der Waals surface area (Å²) in [7, 11) is 0. The molecule has 0 atom stereocenters. The van der Waals surface area contributed by atoms with E-state index in [-0.39, 0.29) is 49.1 Å². The van der Waals surface area contributed by atoms with Crippen LogP contribution in [0.2, 0.25) is 0 Å². The Kier molecular flexibility index (Phi) is 33.8. The summed E-state index contributed by atoms with van der Waals surface area (Å²) in [6.45, 7) is 17.5. The lowest BCUT2D eigenvalue weighted by Gasteiger charge is -2.09. The summed E-state index contributed by atoms with van der Waals surface area (Å²) in [4.78, 5) is 7.97. The Hall–Kier alpha value is -5.43. The van der Waals surface area contributed by atoms with Crippen LogP contribution in [0.5, 0.6) is 23.0 Å². The van der Waals surface area contributed by atoms with E-state index in [1.54, 1.807) is 0 Å². The minimum Gasteiger partial charge on any atom is -0.494 e. The fourth-order valence-electron chi connectivity index (χ4n) is 6.00. The lowest BCUT2D eigenvalue weighted by atomic mass is 10.1. The molecule has 15 heteroatoms. The average molecular weight is 959 g/mol. The van der Waals surface area contributed by atoms with Gasteiger partial charge in [-0.25, -0.2) is 0 Å². The Labute approximate surface area is 407 Å². The number of hydrogen-bond acceptors (Lipinski definition) is 8. The van der Waals surface area contributed by atoms with Crippen LogP contribution < -0.4 is 52.5 Å². The van der Waals surface area contributed by atoms with E-state index < -0.39 is 0 Å². The van der Waals surface area contributed by atoms with Gasteiger partial charge in [0.2, 0.25) is 0 Å². The monoisotopic (exact) mass is 956 g/mol. The Balaban J connectivity index is 0.00000120. The smallest absolute Gasteiger partial charge is 0.185 e. The minimum absolute atomic E-state index is 0. The van der Waals surface area contributed by atoms with Crippen LogP contribution in [0.1, 0.15) is 74.6 Å². The summed E-state index contributed by atoms with van der Waals surface area (Å²) in [5.41, 5.74) is 28.3. The van der Waals surface area contributed by atoms with Gasteiger partial charge in [-0.15, -0.1) is 37.2 Å². The molecule has 10 N–H and O–H groups in total. The molecule has 65 heavy (non-hydrogen) atoms. The van der Waals surface area contributed by atoms with Crippen LogP contribution >= 0.6 is 37.2 Å². The van der Waals surface area contributed by atoms with Crippen molar-refractivity contribution < 1.29 is 18.9 Å². The van der Waals surface area contributed by atoms with Gasteiger partial charge in [0.05, 0.1) is 26.4 Å². The van der Waals surface area contributed by atoms with Gasteiger partial charge in [0.25, 0.3) is 0 Å². The van der Waals surface area contributed by atoms with Gasteiger partial charge in [-0.05, 0) is 149 Å². The number of aliphatic imine (C=N–C) groups is 2. The molecule has 0 aliphatic heterocycles. The van der Waals surface area contributed by atoms with Crippen molar-refractivity contribution >= 4 is 49.1 Å². The van der Waals surface area contributed by atoms with E-state index >= 15 is 0 Å². The maximum absolute atomic E-state index is 5.85. The highest BCUT2D eigenvalue weighted by Crippen LogP contribution is 2.17. The Morgan fingerprint density at radius 1 is 0.415 bits per heavy atom. The van der Waals surface area contributed by atoms with Gasteiger partial charge in [0.15, 0.2) is 11.9 Å². The molecule has 12 nitrogen and oxygen atoms in total. The largest absolute Gasteiger partial charge is 0.494 e. The highest BCUT2D eigenvalue weighted by molar-refractivity contribution is 5.86. The van der Waals surface area contributed by atoms with Gasteiger partial charge in [-0.1, -0.05) is 61.7 Å². The number of nitrogens with two attached hydrogens (primary N) is 4. The topological polar surface area (TPSA) is 190 Å². The molecule has 0 heterocycles. The molecule has 0 radical (unpaired) electrons. The SMILES string of the molecule is C=C(C)NCCc1ccc(OCCCCCOc2ccc(CCNC(=C)C)cc2)cc1.Cl.Cl.Cl.NC(N)=NCCc1ccc(OCCCCCOc2ccc(CCN=C(N)N)cc2)cc1. The number of guanidine groups is 2. The predicted octanol–water partition coefficient (Wildman–Crippen LogP) is 8.86. The number of rotatable bonds is 30. The van der Waals surface area contributed by atoms with Gasteiger partial charge in [0, 0.05) is 37.6 Å². The van der Waals surface area contributed by atoms with E-state index in [1.807, 2.05) is 62.4 Å². The first-order chi connectivity index (χ1) is 30.0. The van der Waals surface area contributed by atoms with E-state index in [0.29, 0.717) is 26.3 Å². The average Bonchev–Trinajstić information content (AvgIpc) is 3.25. The van der Waals surface area contributed by atoms with Crippen molar-refractivity contribution in [2.45, 2.75) is 78.1 Å². The fourth-order valence-corrected chi connectivity index (χ4v) is 6.00. The summed E-state index contributed by atoms with van der Waals surface area (Å²) < 4.78 is 23.3. The lowest BCUT2D eigenvalue weighted by Crippen LogP contribution is -2.23. The van der Waals surface area contributed by atoms with E-state index in [1.165, 1.54) is 22.3 Å². The van der Waals surface area contributed by atoms with Gasteiger partial charge < -0.3 is 52.5 Å². The number of benzene rings is 4. The molecule has 4 rings (SSSR count). The Bertz CT molecular complexity index is 1750. The van der Waals surface area contributed by atoms with Crippen molar-refractivity contribution in [3.63, 3.8) is 0 Å². The quantitative estimate of drug-likeness (QED) is 0.0167. The van der Waals surface area contributed by atoms with Crippen LogP contribution in [-0.4, -0.2) is 64.5 Å². The molecule has 0 bridgehead atoms. The molecule has 0 amide bonds. The molecule has 0 fully saturated rings. The van der Waals surface area contributed by atoms with Crippen molar-refractivity contribution in [1.82, 2.24) is 10.6 Å². The van der Waals surface area contributed by atoms with E-state index in [0.717, 1.165) is 125 Å². The van der Waals surface area contributed by atoms with Crippen LogP contribution in [0.25, 0.3) is 0 Å². The van der Waals surface area contributed by atoms with Gasteiger partial charge in [-0.2, -0.15) is 0 Å². The predicted molar refractivity (Wildman–Crippen MR) is 279 cm³/mol. The first-order valence-electron chi connectivity index (χ1n) is 21.8. The van der Waals surface area contributed by atoms with Crippen LogP contribution in [-0.2, 0) is 25.7 Å². The van der Waals surface area contributed by atoms with E-state index in [2.05, 4.69) is 82.3 Å². The number of nitrogens with zero attached hydrogens (tertiary/aromatic N) is 2. The molecule has 0 aliphatic carbocycles. The summed E-state index contributed by atoms with van der Waals surface area (Å²) >= 11 is 0.